The van der Waals surface area contributed by atoms with Crippen LogP contribution in [0.25, 0.3) is 32.3 Å². The van der Waals surface area contributed by atoms with Gasteiger partial charge < -0.3 is 0 Å². The van der Waals surface area contributed by atoms with Crippen LogP contribution in [-0.4, -0.2) is 6.15 Å². The van der Waals surface area contributed by atoms with E-state index in [2.05, 4.69) is 198 Å². The number of fused-ring (bicyclic) bond motifs is 3. The van der Waals surface area contributed by atoms with Gasteiger partial charge in [0.15, 0.2) is 7.14 Å². The van der Waals surface area contributed by atoms with Gasteiger partial charge in [-0.2, -0.15) is 22.7 Å². The number of rotatable bonds is 8. The summed E-state index contributed by atoms with van der Waals surface area (Å²) in [5.74, 6) is 0. The van der Waals surface area contributed by atoms with Gasteiger partial charge in [0.25, 0.3) is 0 Å². The van der Waals surface area contributed by atoms with Gasteiger partial charge in [0.1, 0.15) is 0 Å². The fraction of sp³-hybridized carbons (Fsp3) is 0.143. The lowest BCUT2D eigenvalue weighted by Crippen LogP contribution is -3.61. The SMILES string of the molecule is CCCC[B-](c1ccc(C)c2ccccc12)(c1ccc(C)c2ccccc12)c1ccc(C)c2ccccc12.c1ccc([I+]c2ccccc2)cc1. The third kappa shape index (κ3) is 6.99. The molecule has 0 unspecified atom stereocenters. The van der Waals surface area contributed by atoms with Crippen molar-refractivity contribution >= 4 is 54.9 Å². The minimum atomic E-state index is -1.29. The molecule has 8 aromatic rings. The zero-order valence-corrected chi connectivity index (χ0v) is 32.4. The lowest BCUT2D eigenvalue weighted by molar-refractivity contribution is -0.597. The second kappa shape index (κ2) is 15.7. The van der Waals surface area contributed by atoms with Gasteiger partial charge >= 0.3 is 21.2 Å². The molecule has 0 fully saturated rings. The maximum atomic E-state index is 2.45. The average Bonchev–Trinajstić information content (AvgIpc) is 3.18. The Hall–Kier alpha value is -4.67. The molecule has 0 radical (unpaired) electrons. The van der Waals surface area contributed by atoms with E-state index in [0.29, 0.717) is 0 Å². The Bertz CT molecular complexity index is 2170. The Kier molecular flexibility index (Phi) is 10.7. The van der Waals surface area contributed by atoms with Crippen LogP contribution >= 0.6 is 0 Å². The van der Waals surface area contributed by atoms with Crippen LogP contribution < -0.4 is 37.6 Å². The van der Waals surface area contributed by atoms with Gasteiger partial charge in [0, 0.05) is 0 Å². The highest BCUT2D eigenvalue weighted by atomic mass is 127. The van der Waals surface area contributed by atoms with E-state index in [4.69, 9.17) is 0 Å². The van der Waals surface area contributed by atoms with E-state index in [1.807, 2.05) is 0 Å². The molecule has 0 saturated carbocycles. The fourth-order valence-corrected chi connectivity index (χ4v) is 10.5. The van der Waals surface area contributed by atoms with E-state index in [-0.39, 0.29) is 21.2 Å². The Morgan fingerprint density at radius 3 is 1.02 bits per heavy atom. The molecule has 0 saturated heterocycles. The molecule has 2 heteroatoms. The van der Waals surface area contributed by atoms with Crippen molar-refractivity contribution in [2.45, 2.75) is 46.9 Å². The van der Waals surface area contributed by atoms with Crippen LogP contribution in [-0.2, 0) is 0 Å². The number of unbranched alkanes of at least 4 members (excludes halogenated alkanes) is 1. The van der Waals surface area contributed by atoms with Crippen molar-refractivity contribution < 1.29 is 21.2 Å². The lowest BCUT2D eigenvalue weighted by Gasteiger charge is -2.46. The van der Waals surface area contributed by atoms with Gasteiger partial charge in [0.2, 0.25) is 0 Å². The van der Waals surface area contributed by atoms with Gasteiger partial charge in [-0.1, -0.05) is 182 Å². The predicted molar refractivity (Wildman–Crippen MR) is 221 cm³/mol. The molecule has 0 N–H and O–H groups in total. The quantitative estimate of drug-likeness (QED) is 0.108. The van der Waals surface area contributed by atoms with Crippen molar-refractivity contribution in [3.8, 4) is 0 Å². The van der Waals surface area contributed by atoms with Gasteiger partial charge in [-0.3, -0.25) is 0 Å². The molecular weight excluding hydrogens is 726 g/mol. The summed E-state index contributed by atoms with van der Waals surface area (Å²) < 4.78 is 2.96. The maximum absolute atomic E-state index is 2.45. The summed E-state index contributed by atoms with van der Waals surface area (Å²) in [6, 6.07) is 63.0. The van der Waals surface area contributed by atoms with Crippen molar-refractivity contribution in [1.29, 1.82) is 0 Å². The molecule has 0 amide bonds. The lowest BCUT2D eigenvalue weighted by atomic mass is 9.13. The summed E-state index contributed by atoms with van der Waals surface area (Å²) in [6.45, 7) is 9.06. The number of hydrogen-bond donors (Lipinski definition) is 0. The molecule has 0 bridgehead atoms. The first-order valence-electron chi connectivity index (χ1n) is 18.4. The first-order valence-corrected chi connectivity index (χ1v) is 20.6. The minimum Gasteiger partial charge on any atom is -0.192 e. The van der Waals surface area contributed by atoms with E-state index in [1.165, 1.54) is 85.4 Å². The summed E-state index contributed by atoms with van der Waals surface area (Å²) in [4.78, 5) is 0. The standard InChI is InChI=1S/C37H36B.C12H10I/c1-5-6-25-38(35-22-19-26(2)29-13-7-10-16-32(29)35,36-23-20-27(3)30-14-8-11-17-33(30)36)37-24-21-28(4)31-15-9-12-18-34(31)37;1-3-7-11(8-4-1)13-12-9-5-2-6-10-12/h7-24H,5-6,25H2,1-4H3;1-10H/q-1;+1. The second-order valence-corrected chi connectivity index (χ2v) is 17.0. The molecule has 0 spiro atoms. The molecule has 0 heterocycles. The highest BCUT2D eigenvalue weighted by Gasteiger charge is 2.33. The van der Waals surface area contributed by atoms with Crippen LogP contribution in [0.3, 0.4) is 0 Å². The third-order valence-corrected chi connectivity index (χ3v) is 13.5. The zero-order chi connectivity index (χ0) is 35.2. The van der Waals surface area contributed by atoms with Crippen LogP contribution in [0.1, 0.15) is 36.5 Å². The Morgan fingerprint density at radius 2 is 0.686 bits per heavy atom. The van der Waals surface area contributed by atoms with Crippen LogP contribution in [0.5, 0.6) is 0 Å². The third-order valence-electron chi connectivity index (χ3n) is 10.8. The summed E-state index contributed by atoms with van der Waals surface area (Å²) >= 11 is 0.0287. The summed E-state index contributed by atoms with van der Waals surface area (Å²) in [6.07, 6.45) is 2.16. The molecule has 0 aliphatic heterocycles. The number of benzene rings is 8. The highest BCUT2D eigenvalue weighted by molar-refractivity contribution is 7.14. The average molecular weight is 773 g/mol. The Morgan fingerprint density at radius 1 is 0.373 bits per heavy atom. The van der Waals surface area contributed by atoms with Gasteiger partial charge in [-0.05, 0) is 77.9 Å². The molecule has 0 atom stereocenters. The predicted octanol–water partition coefficient (Wildman–Crippen LogP) is 8.16. The van der Waals surface area contributed by atoms with Crippen molar-refractivity contribution in [3.63, 3.8) is 0 Å². The van der Waals surface area contributed by atoms with Crippen molar-refractivity contribution in [2.24, 2.45) is 0 Å². The minimum absolute atomic E-state index is 0.0287. The van der Waals surface area contributed by atoms with E-state index in [1.54, 1.807) is 0 Å². The van der Waals surface area contributed by atoms with Gasteiger partial charge in [-0.15, -0.1) is 0 Å². The first kappa shape index (κ1) is 34.8. The van der Waals surface area contributed by atoms with Crippen LogP contribution in [0, 0.1) is 27.9 Å². The molecule has 8 aromatic carbocycles. The molecule has 0 aliphatic carbocycles. The van der Waals surface area contributed by atoms with Crippen LogP contribution in [0.4, 0.5) is 0 Å². The zero-order valence-electron chi connectivity index (χ0n) is 30.2. The Balaban J connectivity index is 0.000000262. The van der Waals surface area contributed by atoms with Crippen molar-refractivity contribution in [3.05, 3.63) is 194 Å². The van der Waals surface area contributed by atoms with Gasteiger partial charge in [0.05, 0.1) is 6.15 Å². The molecular formula is C49H46BI. The van der Waals surface area contributed by atoms with Crippen LogP contribution in [0.15, 0.2) is 170 Å². The molecule has 8 rings (SSSR count). The molecule has 0 nitrogen and oxygen atoms in total. The highest BCUT2D eigenvalue weighted by Crippen LogP contribution is 2.30. The Labute approximate surface area is 314 Å². The summed E-state index contributed by atoms with van der Waals surface area (Å²) in [5, 5.41) is 8.25. The summed E-state index contributed by atoms with van der Waals surface area (Å²) in [5.41, 5.74) is 8.44. The summed E-state index contributed by atoms with van der Waals surface area (Å²) in [7, 11) is 0. The number of aryl methyl sites for hydroxylation is 3. The van der Waals surface area contributed by atoms with Crippen LogP contribution in [0.2, 0.25) is 6.32 Å². The first-order chi connectivity index (χ1) is 25.0. The molecule has 0 aromatic heterocycles. The normalized spacial score (nSPS) is 11.5. The number of halogens is 1. The molecule has 51 heavy (non-hydrogen) atoms. The largest absolute Gasteiger partial charge is 0.357 e. The molecule has 0 aliphatic rings. The van der Waals surface area contributed by atoms with E-state index < -0.39 is 6.15 Å². The van der Waals surface area contributed by atoms with Crippen molar-refractivity contribution in [2.75, 3.05) is 0 Å². The van der Waals surface area contributed by atoms with E-state index >= 15 is 0 Å². The monoisotopic (exact) mass is 772 g/mol. The number of hydrogen-bond acceptors (Lipinski definition) is 0. The molecule has 252 valence electrons. The van der Waals surface area contributed by atoms with E-state index in [9.17, 15) is 0 Å². The smallest absolute Gasteiger partial charge is 0.192 e. The van der Waals surface area contributed by atoms with Gasteiger partial charge in [-0.25, -0.2) is 0 Å². The van der Waals surface area contributed by atoms with Crippen molar-refractivity contribution in [1.82, 2.24) is 0 Å². The maximum Gasteiger partial charge on any atom is 0.357 e. The topological polar surface area (TPSA) is 0 Å². The van der Waals surface area contributed by atoms with E-state index in [0.717, 1.165) is 6.32 Å². The second-order valence-electron chi connectivity index (χ2n) is 13.9. The fourth-order valence-electron chi connectivity index (χ4n) is 8.27.